The number of benzene rings is 4. The fourth-order valence-electron chi connectivity index (χ4n) is 3.28. The van der Waals surface area contributed by atoms with Gasteiger partial charge in [-0.05, 0) is 49.6 Å². The van der Waals surface area contributed by atoms with Crippen molar-refractivity contribution in [1.29, 1.82) is 0 Å². The molecule has 5 rings (SSSR count). The molecule has 1 heterocycles. The Morgan fingerprint density at radius 3 is 1.83 bits per heavy atom. The molecule has 0 atom stereocenters. The summed E-state index contributed by atoms with van der Waals surface area (Å²) >= 11 is 3.77. The van der Waals surface area contributed by atoms with Crippen LogP contribution in [0.25, 0.3) is 44.1 Å². The molecule has 0 saturated heterocycles. The van der Waals surface area contributed by atoms with Crippen molar-refractivity contribution < 1.29 is 4.42 Å². The third-order valence-corrected chi connectivity index (χ3v) is 5.23. The van der Waals surface area contributed by atoms with Crippen LogP contribution >= 0.6 is 15.9 Å². The number of hydrogen-bond acceptors (Lipinski definition) is 2. The second-order valence-electron chi connectivity index (χ2n) is 5.77. The summed E-state index contributed by atoms with van der Waals surface area (Å²) in [5, 5.41) is 4.59. The van der Waals surface area contributed by atoms with Crippen molar-refractivity contribution in [1.82, 2.24) is 4.98 Å². The summed E-state index contributed by atoms with van der Waals surface area (Å²) in [5.41, 5.74) is 2.73. The highest BCUT2D eigenvalue weighted by atomic mass is 79.9. The van der Waals surface area contributed by atoms with Gasteiger partial charge in [0.25, 0.3) is 0 Å². The molecule has 0 fully saturated rings. The number of oxazole rings is 1. The number of rotatable bonds is 1. The van der Waals surface area contributed by atoms with Gasteiger partial charge < -0.3 is 4.42 Å². The minimum absolute atomic E-state index is 0.663. The maximum absolute atomic E-state index is 6.08. The first kappa shape index (κ1) is 13.8. The Balaban J connectivity index is 2.00. The Hall–Kier alpha value is -2.65. The van der Waals surface area contributed by atoms with E-state index in [2.05, 4.69) is 64.5 Å². The number of hydrogen-bond donors (Lipinski definition) is 0. The van der Waals surface area contributed by atoms with Crippen LogP contribution in [-0.2, 0) is 0 Å². The molecule has 0 bridgehead atoms. The number of halogens is 1. The second-order valence-corrected chi connectivity index (χ2v) is 6.56. The summed E-state index contributed by atoms with van der Waals surface area (Å²) in [5.74, 6) is 0.663. The van der Waals surface area contributed by atoms with E-state index in [-0.39, 0.29) is 0 Å². The van der Waals surface area contributed by atoms with Gasteiger partial charge in [0, 0.05) is 4.47 Å². The monoisotopic (exact) mass is 373 g/mol. The zero-order valence-electron chi connectivity index (χ0n) is 12.7. The van der Waals surface area contributed by atoms with E-state index in [0.717, 1.165) is 42.7 Å². The predicted molar refractivity (Wildman–Crippen MR) is 102 cm³/mol. The summed E-state index contributed by atoms with van der Waals surface area (Å²) in [6, 6.07) is 24.6. The molecule has 0 N–H and O–H groups in total. The Labute approximate surface area is 146 Å². The van der Waals surface area contributed by atoms with Crippen molar-refractivity contribution in [2.45, 2.75) is 0 Å². The third-order valence-electron chi connectivity index (χ3n) is 4.37. The van der Waals surface area contributed by atoms with Crippen LogP contribution in [0, 0.1) is 0 Å². The van der Waals surface area contributed by atoms with Crippen LogP contribution in [0.1, 0.15) is 0 Å². The fourth-order valence-corrected chi connectivity index (χ4v) is 3.98. The van der Waals surface area contributed by atoms with Gasteiger partial charge in [0.15, 0.2) is 5.58 Å². The number of nitrogens with zero attached hydrogens (tertiary/aromatic N) is 1. The quantitative estimate of drug-likeness (QED) is 0.311. The van der Waals surface area contributed by atoms with E-state index in [0.29, 0.717) is 5.89 Å². The minimum Gasteiger partial charge on any atom is -0.436 e. The lowest BCUT2D eigenvalue weighted by Gasteiger charge is -2.11. The molecule has 114 valence electrons. The van der Waals surface area contributed by atoms with Crippen molar-refractivity contribution in [3.8, 4) is 11.5 Å². The van der Waals surface area contributed by atoms with Crippen LogP contribution in [0.5, 0.6) is 0 Å². The van der Waals surface area contributed by atoms with Crippen LogP contribution in [0.15, 0.2) is 81.7 Å². The molecular formula is C21H12BrNO. The van der Waals surface area contributed by atoms with Crippen molar-refractivity contribution in [3.63, 3.8) is 0 Å². The van der Waals surface area contributed by atoms with Crippen molar-refractivity contribution >= 4 is 48.6 Å². The summed E-state index contributed by atoms with van der Waals surface area (Å²) in [6.07, 6.45) is 0. The lowest BCUT2D eigenvalue weighted by atomic mass is 9.97. The minimum atomic E-state index is 0.663. The highest BCUT2D eigenvalue weighted by Crippen LogP contribution is 2.41. The number of para-hydroxylation sites is 2. The van der Waals surface area contributed by atoms with E-state index in [1.807, 2.05) is 24.3 Å². The number of fused-ring (bicyclic) bond motifs is 3. The standard InChI is InChI=1S/C21H12BrNO/c22-20-15-9-3-1-7-13(15)19(14-8-2-4-10-16(14)20)21-23-17-11-5-6-12-18(17)24-21/h1-12H. The average molecular weight is 374 g/mol. The van der Waals surface area contributed by atoms with E-state index >= 15 is 0 Å². The highest BCUT2D eigenvalue weighted by molar-refractivity contribution is 9.10. The summed E-state index contributed by atoms with van der Waals surface area (Å²) < 4.78 is 7.19. The van der Waals surface area contributed by atoms with Crippen LogP contribution in [0.3, 0.4) is 0 Å². The molecule has 0 saturated carbocycles. The van der Waals surface area contributed by atoms with E-state index in [1.165, 1.54) is 0 Å². The summed E-state index contributed by atoms with van der Waals surface area (Å²) in [7, 11) is 0. The molecule has 2 nitrogen and oxygen atoms in total. The molecule has 0 amide bonds. The van der Waals surface area contributed by atoms with Crippen LogP contribution < -0.4 is 0 Å². The smallest absolute Gasteiger partial charge is 0.228 e. The van der Waals surface area contributed by atoms with Crippen LogP contribution in [-0.4, -0.2) is 4.98 Å². The Morgan fingerprint density at radius 1 is 0.667 bits per heavy atom. The molecular weight excluding hydrogens is 362 g/mol. The van der Waals surface area contributed by atoms with Gasteiger partial charge in [-0.1, -0.05) is 60.7 Å². The van der Waals surface area contributed by atoms with E-state index in [4.69, 9.17) is 9.40 Å². The number of aromatic nitrogens is 1. The van der Waals surface area contributed by atoms with Crippen molar-refractivity contribution in [2.75, 3.05) is 0 Å². The molecule has 1 aromatic heterocycles. The highest BCUT2D eigenvalue weighted by Gasteiger charge is 2.17. The van der Waals surface area contributed by atoms with E-state index in [9.17, 15) is 0 Å². The summed E-state index contributed by atoms with van der Waals surface area (Å²) in [4.78, 5) is 4.73. The second kappa shape index (κ2) is 5.18. The van der Waals surface area contributed by atoms with Gasteiger partial charge in [0.1, 0.15) is 5.52 Å². The zero-order chi connectivity index (χ0) is 16.1. The molecule has 0 aliphatic carbocycles. The lowest BCUT2D eigenvalue weighted by molar-refractivity contribution is 0.621. The molecule has 4 aromatic carbocycles. The Kier molecular flexibility index (Phi) is 2.97. The Bertz CT molecular complexity index is 1130. The molecule has 3 heteroatoms. The molecule has 0 spiro atoms. The van der Waals surface area contributed by atoms with Crippen LogP contribution in [0.4, 0.5) is 0 Å². The maximum Gasteiger partial charge on any atom is 0.228 e. The van der Waals surface area contributed by atoms with Crippen LogP contribution in [0.2, 0.25) is 0 Å². The van der Waals surface area contributed by atoms with Gasteiger partial charge in [-0.25, -0.2) is 4.98 Å². The van der Waals surface area contributed by atoms with Gasteiger partial charge in [-0.3, -0.25) is 0 Å². The first-order valence-corrected chi connectivity index (χ1v) is 8.57. The normalized spacial score (nSPS) is 11.5. The molecule has 0 radical (unpaired) electrons. The van der Waals surface area contributed by atoms with E-state index < -0.39 is 0 Å². The van der Waals surface area contributed by atoms with Gasteiger partial charge in [0.05, 0.1) is 5.56 Å². The van der Waals surface area contributed by atoms with Crippen molar-refractivity contribution in [3.05, 3.63) is 77.3 Å². The summed E-state index contributed by atoms with van der Waals surface area (Å²) in [6.45, 7) is 0. The zero-order valence-corrected chi connectivity index (χ0v) is 14.2. The molecule has 0 aliphatic heterocycles. The lowest BCUT2D eigenvalue weighted by Crippen LogP contribution is -1.87. The van der Waals surface area contributed by atoms with Crippen molar-refractivity contribution in [2.24, 2.45) is 0 Å². The van der Waals surface area contributed by atoms with Gasteiger partial charge >= 0.3 is 0 Å². The maximum atomic E-state index is 6.08. The Morgan fingerprint density at radius 2 is 1.21 bits per heavy atom. The van der Waals surface area contributed by atoms with Gasteiger partial charge in [-0.2, -0.15) is 0 Å². The van der Waals surface area contributed by atoms with Gasteiger partial charge in [0.2, 0.25) is 5.89 Å². The third kappa shape index (κ3) is 1.91. The first-order chi connectivity index (χ1) is 11.8. The van der Waals surface area contributed by atoms with Gasteiger partial charge in [-0.15, -0.1) is 0 Å². The topological polar surface area (TPSA) is 26.0 Å². The molecule has 24 heavy (non-hydrogen) atoms. The molecule has 0 aliphatic rings. The van der Waals surface area contributed by atoms with E-state index in [1.54, 1.807) is 0 Å². The SMILES string of the molecule is Brc1c2ccccc2c(-c2nc3ccccc3o2)c2ccccc12. The largest absolute Gasteiger partial charge is 0.436 e. The molecule has 5 aromatic rings. The first-order valence-electron chi connectivity index (χ1n) is 7.78. The fraction of sp³-hybridized carbons (Fsp3) is 0. The molecule has 0 unspecified atom stereocenters. The predicted octanol–water partition coefficient (Wildman–Crippen LogP) is 6.56. The average Bonchev–Trinajstić information content (AvgIpc) is 3.06.